The molecule has 2 rings (SSSR count). The number of aromatic nitrogens is 1. The fourth-order valence-electron chi connectivity index (χ4n) is 1.46. The molecule has 0 saturated heterocycles. The number of hydrogen-bond acceptors (Lipinski definition) is 5. The summed E-state index contributed by atoms with van der Waals surface area (Å²) in [5, 5.41) is 7.56. The van der Waals surface area contributed by atoms with E-state index in [2.05, 4.69) is 9.17 Å². The molecule has 0 spiro atoms. The number of fused-ring (bicyclic) bond motifs is 1. The Hall–Kier alpha value is -2.16. The van der Waals surface area contributed by atoms with Gasteiger partial charge in [0.25, 0.3) is 0 Å². The molecule has 1 heterocycles. The fraction of sp³-hybridized carbons (Fsp3) is 0.0909. The van der Waals surface area contributed by atoms with Crippen LogP contribution in [0.3, 0.4) is 0 Å². The van der Waals surface area contributed by atoms with Gasteiger partial charge in [-0.25, -0.2) is 4.98 Å². The summed E-state index contributed by atoms with van der Waals surface area (Å²) in [5.41, 5.74) is -5.52. The Labute approximate surface area is 111 Å². The lowest BCUT2D eigenvalue weighted by Gasteiger charge is -2.12. The zero-order chi connectivity index (χ0) is 15.0. The lowest BCUT2D eigenvalue weighted by atomic mass is 10.1. The summed E-state index contributed by atoms with van der Waals surface area (Å²) in [6.07, 6.45) is 0.772. The summed E-state index contributed by atoms with van der Waals surface area (Å²) in [6, 6.07) is 7.37. The van der Waals surface area contributed by atoms with E-state index < -0.39 is 21.4 Å². The zero-order valence-corrected chi connectivity index (χ0v) is 10.5. The highest BCUT2D eigenvalue weighted by molar-refractivity contribution is 7.88. The molecule has 0 atom stereocenters. The predicted molar refractivity (Wildman–Crippen MR) is 62.3 cm³/mol. The molecule has 0 saturated carbocycles. The van der Waals surface area contributed by atoms with E-state index >= 15 is 0 Å². The van der Waals surface area contributed by atoms with Crippen LogP contribution in [0.15, 0.2) is 36.5 Å². The Balaban J connectivity index is 2.60. The minimum atomic E-state index is -5.78. The molecular formula is C11H7F3N2O3S. The van der Waals surface area contributed by atoms with Gasteiger partial charge in [0.2, 0.25) is 0 Å². The molecule has 5 nitrogen and oxygen atoms in total. The average Bonchev–Trinajstić information content (AvgIpc) is 2.57. The summed E-state index contributed by atoms with van der Waals surface area (Å²) in [5.74, 6) is -0.579. The van der Waals surface area contributed by atoms with Gasteiger partial charge in [-0.15, -0.1) is 0 Å². The van der Waals surface area contributed by atoms with Crippen LogP contribution >= 0.6 is 0 Å². The Morgan fingerprint density at radius 2 is 1.70 bits per heavy atom. The molecule has 0 aromatic rings. The van der Waals surface area contributed by atoms with Crippen LogP contribution in [0, 0.1) is 5.41 Å². The highest BCUT2D eigenvalue weighted by Gasteiger charge is 2.48. The van der Waals surface area contributed by atoms with Gasteiger partial charge in [-0.05, 0) is 0 Å². The van der Waals surface area contributed by atoms with Crippen molar-refractivity contribution < 1.29 is 25.8 Å². The Kier molecular flexibility index (Phi) is 3.38. The van der Waals surface area contributed by atoms with Crippen molar-refractivity contribution in [2.24, 2.45) is 0 Å². The lowest BCUT2D eigenvalue weighted by Crippen LogP contribution is -2.28. The molecule has 0 aromatic carbocycles. The van der Waals surface area contributed by atoms with E-state index in [1.165, 1.54) is 18.2 Å². The molecule has 0 fully saturated rings. The first-order chi connectivity index (χ1) is 9.22. The van der Waals surface area contributed by atoms with Crippen molar-refractivity contribution in [2.75, 3.05) is 0 Å². The highest BCUT2D eigenvalue weighted by atomic mass is 32.2. The van der Waals surface area contributed by atoms with Crippen molar-refractivity contribution in [3.8, 4) is 16.9 Å². The maximum absolute atomic E-state index is 12.3. The molecule has 2 aliphatic rings. The van der Waals surface area contributed by atoms with Crippen LogP contribution in [0.2, 0.25) is 0 Å². The second-order valence-corrected chi connectivity index (χ2v) is 5.23. The minimum absolute atomic E-state index is 0.0443. The standard InChI is InChI=1S/C11H7F3N2O3S/c12-11(13,14)20(17,18)19-9-6-16-10(15)8-5-3-1-2-4-7(8)9/h1-6,15H. The van der Waals surface area contributed by atoms with Crippen LogP contribution < -0.4 is 9.67 Å². The van der Waals surface area contributed by atoms with E-state index in [1.807, 2.05) is 0 Å². The van der Waals surface area contributed by atoms with Gasteiger partial charge in [-0.3, -0.25) is 5.41 Å². The molecule has 0 radical (unpaired) electrons. The Bertz CT molecular complexity index is 774. The highest BCUT2D eigenvalue weighted by Crippen LogP contribution is 2.32. The van der Waals surface area contributed by atoms with Crippen molar-refractivity contribution in [3.63, 3.8) is 0 Å². The van der Waals surface area contributed by atoms with Crippen LogP contribution in [0.4, 0.5) is 13.2 Å². The smallest absolute Gasteiger partial charge is 0.374 e. The van der Waals surface area contributed by atoms with Gasteiger partial charge in [-0.1, -0.05) is 30.3 Å². The van der Waals surface area contributed by atoms with Gasteiger partial charge in [0.15, 0.2) is 11.2 Å². The second-order valence-electron chi connectivity index (χ2n) is 3.69. The van der Waals surface area contributed by atoms with E-state index in [9.17, 15) is 21.6 Å². The van der Waals surface area contributed by atoms with Gasteiger partial charge < -0.3 is 4.18 Å². The number of pyridine rings is 1. The molecule has 1 aliphatic carbocycles. The molecule has 106 valence electrons. The second kappa shape index (κ2) is 4.75. The minimum Gasteiger partial charge on any atom is -0.374 e. The van der Waals surface area contributed by atoms with Crippen molar-refractivity contribution in [1.82, 2.24) is 4.98 Å². The zero-order valence-electron chi connectivity index (χ0n) is 9.68. The Morgan fingerprint density at radius 3 is 2.30 bits per heavy atom. The molecule has 0 bridgehead atoms. The first-order valence-electron chi connectivity index (χ1n) is 5.16. The number of rotatable bonds is 2. The van der Waals surface area contributed by atoms with E-state index in [-0.39, 0.29) is 16.6 Å². The number of alkyl halides is 3. The number of nitrogens with zero attached hydrogens (tertiary/aromatic N) is 1. The summed E-state index contributed by atoms with van der Waals surface area (Å²) in [7, 11) is -5.78. The molecule has 0 unspecified atom stereocenters. The molecule has 0 aromatic heterocycles. The molecule has 20 heavy (non-hydrogen) atoms. The fourth-order valence-corrected chi connectivity index (χ4v) is 1.93. The van der Waals surface area contributed by atoms with Crippen LogP contribution in [0.1, 0.15) is 0 Å². The van der Waals surface area contributed by atoms with Crippen molar-refractivity contribution in [3.05, 3.63) is 42.0 Å². The maximum atomic E-state index is 12.3. The largest absolute Gasteiger partial charge is 0.534 e. The third kappa shape index (κ3) is 2.57. The third-order valence-electron chi connectivity index (χ3n) is 2.35. The van der Waals surface area contributed by atoms with Crippen molar-refractivity contribution in [2.45, 2.75) is 5.51 Å². The van der Waals surface area contributed by atoms with E-state index in [0.29, 0.717) is 0 Å². The molecule has 0 amide bonds. The number of hydrogen-bond donors (Lipinski definition) is 1. The van der Waals surface area contributed by atoms with Crippen molar-refractivity contribution in [1.29, 1.82) is 5.41 Å². The number of halogens is 3. The van der Waals surface area contributed by atoms with Crippen LogP contribution in [0.25, 0.3) is 11.1 Å². The SMILES string of the molecule is N=c1ncc(OS(=O)(=O)C(F)(F)F)c2cccccc1-2. The quantitative estimate of drug-likeness (QED) is 0.678. The van der Waals surface area contributed by atoms with Gasteiger partial charge >= 0.3 is 15.6 Å². The van der Waals surface area contributed by atoms with Crippen LogP contribution in [-0.2, 0) is 10.1 Å². The number of nitrogens with one attached hydrogen (secondary N) is 1. The first-order valence-corrected chi connectivity index (χ1v) is 6.56. The third-order valence-corrected chi connectivity index (χ3v) is 3.32. The van der Waals surface area contributed by atoms with Gasteiger partial charge in [0.05, 0.1) is 6.20 Å². The monoisotopic (exact) mass is 304 g/mol. The first kappa shape index (κ1) is 14.3. The van der Waals surface area contributed by atoms with Crippen LogP contribution in [-0.4, -0.2) is 18.9 Å². The van der Waals surface area contributed by atoms with Gasteiger partial charge in [-0.2, -0.15) is 21.6 Å². The molecule has 9 heteroatoms. The van der Waals surface area contributed by atoms with E-state index in [4.69, 9.17) is 5.41 Å². The summed E-state index contributed by atoms with van der Waals surface area (Å²) >= 11 is 0. The van der Waals surface area contributed by atoms with Crippen LogP contribution in [0.5, 0.6) is 5.75 Å². The van der Waals surface area contributed by atoms with Crippen molar-refractivity contribution >= 4 is 10.1 Å². The van der Waals surface area contributed by atoms with Gasteiger partial charge in [0.1, 0.15) is 0 Å². The van der Waals surface area contributed by atoms with E-state index in [0.717, 1.165) is 6.20 Å². The summed E-state index contributed by atoms with van der Waals surface area (Å²) < 4.78 is 63.0. The molecule has 1 aliphatic heterocycles. The van der Waals surface area contributed by atoms with Gasteiger partial charge in [0, 0.05) is 11.1 Å². The summed E-state index contributed by atoms with van der Waals surface area (Å²) in [6.45, 7) is 0. The topological polar surface area (TPSA) is 80.1 Å². The van der Waals surface area contributed by atoms with E-state index in [1.54, 1.807) is 12.1 Å². The Morgan fingerprint density at radius 1 is 1.10 bits per heavy atom. The molecular weight excluding hydrogens is 297 g/mol. The lowest BCUT2D eigenvalue weighted by molar-refractivity contribution is -0.0499. The predicted octanol–water partition coefficient (Wildman–Crippen LogP) is 1.89. The maximum Gasteiger partial charge on any atom is 0.534 e. The molecule has 1 N–H and O–H groups in total. The normalized spacial score (nSPS) is 12.3. The summed E-state index contributed by atoms with van der Waals surface area (Å²) in [4.78, 5) is 3.51. The average molecular weight is 304 g/mol.